The lowest BCUT2D eigenvalue weighted by Gasteiger charge is -2.37. The Balaban J connectivity index is 1.75. The summed E-state index contributed by atoms with van der Waals surface area (Å²) in [5.74, 6) is 0. The van der Waals surface area contributed by atoms with Gasteiger partial charge in [-0.2, -0.15) is 0 Å². The molecule has 1 unspecified atom stereocenters. The first-order chi connectivity index (χ1) is 8.58. The molecule has 0 aromatic heterocycles. The molecule has 0 aliphatic carbocycles. The minimum absolute atomic E-state index is 0.627. The number of hydrogen-bond acceptors (Lipinski definition) is 6. The molecule has 3 aliphatic heterocycles. The van der Waals surface area contributed by atoms with Gasteiger partial charge in [-0.25, -0.2) is 8.78 Å². The lowest BCUT2D eigenvalue weighted by atomic mass is 9.98. The van der Waals surface area contributed by atoms with Crippen LogP contribution in [0.4, 0.5) is 8.78 Å². The van der Waals surface area contributed by atoms with Gasteiger partial charge in [0.25, 0.3) is 6.43 Å². The van der Waals surface area contributed by atoms with E-state index in [9.17, 15) is 19.0 Å². The SMILES string of the molecule is O[C@@H]1[C@H]2N=C(N3CCC3)S[C@H]2OC(C(F)F)[C@H]1O. The van der Waals surface area contributed by atoms with Crippen LogP contribution in [0.5, 0.6) is 0 Å². The van der Waals surface area contributed by atoms with E-state index in [1.807, 2.05) is 4.90 Å². The largest absolute Gasteiger partial charge is 0.388 e. The molecule has 5 atom stereocenters. The smallest absolute Gasteiger partial charge is 0.267 e. The van der Waals surface area contributed by atoms with Crippen molar-refractivity contribution in [2.45, 2.75) is 42.6 Å². The van der Waals surface area contributed by atoms with E-state index in [2.05, 4.69) is 4.99 Å². The Hall–Kier alpha value is -0.440. The summed E-state index contributed by atoms with van der Waals surface area (Å²) >= 11 is 1.25. The molecule has 3 heterocycles. The second-order valence-corrected chi connectivity index (χ2v) is 5.71. The van der Waals surface area contributed by atoms with E-state index in [4.69, 9.17) is 4.74 Å². The Bertz CT molecular complexity index is 367. The number of aliphatic hydroxyl groups is 2. The van der Waals surface area contributed by atoms with Crippen LogP contribution in [0.2, 0.25) is 0 Å². The normalized spacial score (nSPS) is 43.7. The molecule has 18 heavy (non-hydrogen) atoms. The Morgan fingerprint density at radius 3 is 2.61 bits per heavy atom. The number of thioether (sulfide) groups is 1. The van der Waals surface area contributed by atoms with E-state index < -0.39 is 36.2 Å². The van der Waals surface area contributed by atoms with Crippen LogP contribution in [0.1, 0.15) is 6.42 Å². The van der Waals surface area contributed by atoms with Crippen LogP contribution < -0.4 is 0 Å². The third-order valence-corrected chi connectivity index (χ3v) is 4.66. The molecular weight excluding hydrogens is 266 g/mol. The monoisotopic (exact) mass is 280 g/mol. The van der Waals surface area contributed by atoms with Crippen LogP contribution in [-0.2, 0) is 4.74 Å². The molecule has 3 rings (SSSR count). The van der Waals surface area contributed by atoms with Crippen molar-refractivity contribution in [3.05, 3.63) is 0 Å². The van der Waals surface area contributed by atoms with Crippen molar-refractivity contribution in [1.82, 2.24) is 4.90 Å². The van der Waals surface area contributed by atoms with E-state index in [1.54, 1.807) is 0 Å². The van der Waals surface area contributed by atoms with Crippen LogP contribution in [-0.4, -0.2) is 69.6 Å². The molecule has 5 nitrogen and oxygen atoms in total. The van der Waals surface area contributed by atoms with Gasteiger partial charge in [0.15, 0.2) is 5.17 Å². The van der Waals surface area contributed by atoms with Gasteiger partial charge in [-0.15, -0.1) is 0 Å². The average molecular weight is 280 g/mol. The van der Waals surface area contributed by atoms with E-state index >= 15 is 0 Å². The molecular formula is C10H14F2N2O3S. The zero-order chi connectivity index (χ0) is 12.9. The molecule has 2 saturated heterocycles. The topological polar surface area (TPSA) is 65.3 Å². The maximum atomic E-state index is 12.7. The van der Waals surface area contributed by atoms with Gasteiger partial charge in [-0.3, -0.25) is 4.99 Å². The second kappa shape index (κ2) is 4.59. The summed E-state index contributed by atoms with van der Waals surface area (Å²) in [5.41, 5.74) is -0.627. The third kappa shape index (κ3) is 1.91. The number of fused-ring (bicyclic) bond motifs is 1. The molecule has 3 aliphatic rings. The van der Waals surface area contributed by atoms with Crippen molar-refractivity contribution in [2.24, 2.45) is 4.99 Å². The predicted molar refractivity (Wildman–Crippen MR) is 61.7 cm³/mol. The Morgan fingerprint density at radius 2 is 2.06 bits per heavy atom. The van der Waals surface area contributed by atoms with Gasteiger partial charge < -0.3 is 19.8 Å². The Labute approximate surface area is 107 Å². The maximum Gasteiger partial charge on any atom is 0.267 e. The van der Waals surface area contributed by atoms with Gasteiger partial charge in [-0.1, -0.05) is 11.8 Å². The van der Waals surface area contributed by atoms with Gasteiger partial charge in [-0.05, 0) is 6.42 Å². The van der Waals surface area contributed by atoms with Gasteiger partial charge in [0.1, 0.15) is 29.8 Å². The highest BCUT2D eigenvalue weighted by molar-refractivity contribution is 8.14. The standard InChI is InChI=1S/C10H14F2N2O3S/c11-8(12)7-6(16)5(15)4-9(17-7)18-10(13-4)14-2-1-3-14/h4-9,15-16H,1-3H2/t4-,5-,6+,7?,9-/m1/s1. The minimum Gasteiger partial charge on any atom is -0.388 e. The number of nitrogens with zero attached hydrogens (tertiary/aromatic N) is 2. The number of likely N-dealkylation sites (tertiary alicyclic amines) is 1. The van der Waals surface area contributed by atoms with Gasteiger partial charge in [0, 0.05) is 13.1 Å². The van der Waals surface area contributed by atoms with Crippen molar-refractivity contribution >= 4 is 16.9 Å². The number of alkyl halides is 2. The number of aliphatic hydroxyl groups excluding tert-OH is 2. The summed E-state index contributed by atoms with van der Waals surface area (Å²) < 4.78 is 30.5. The van der Waals surface area contributed by atoms with Crippen molar-refractivity contribution in [2.75, 3.05) is 13.1 Å². The maximum absolute atomic E-state index is 12.7. The number of hydrogen-bond donors (Lipinski definition) is 2. The summed E-state index contributed by atoms with van der Waals surface area (Å²) in [4.78, 5) is 6.30. The Kier molecular flexibility index (Phi) is 3.21. The summed E-state index contributed by atoms with van der Waals surface area (Å²) in [7, 11) is 0. The van der Waals surface area contributed by atoms with Crippen molar-refractivity contribution in [1.29, 1.82) is 0 Å². The summed E-state index contributed by atoms with van der Waals surface area (Å²) in [5, 5.41) is 20.2. The fraction of sp³-hybridized carbons (Fsp3) is 0.900. The predicted octanol–water partition coefficient (Wildman–Crippen LogP) is -0.125. The molecule has 0 spiro atoms. The van der Waals surface area contributed by atoms with Crippen LogP contribution in [0.25, 0.3) is 0 Å². The molecule has 0 bridgehead atoms. The molecule has 2 fully saturated rings. The molecule has 0 aromatic rings. The Morgan fingerprint density at radius 1 is 1.33 bits per heavy atom. The number of amidine groups is 1. The second-order valence-electron chi connectivity index (χ2n) is 4.65. The number of halogens is 2. The molecule has 102 valence electrons. The summed E-state index contributed by atoms with van der Waals surface area (Å²) in [6, 6.07) is -0.657. The highest BCUT2D eigenvalue weighted by Crippen LogP contribution is 2.39. The van der Waals surface area contributed by atoms with Crippen molar-refractivity contribution in [3.63, 3.8) is 0 Å². The van der Waals surface area contributed by atoms with E-state index in [1.165, 1.54) is 11.8 Å². The zero-order valence-electron chi connectivity index (χ0n) is 9.45. The number of aliphatic imine (C=N–C) groups is 1. The summed E-state index contributed by atoms with van der Waals surface area (Å²) in [6.07, 6.45) is -6.26. The number of ether oxygens (including phenoxy) is 1. The van der Waals surface area contributed by atoms with Gasteiger partial charge in [0.05, 0.1) is 0 Å². The molecule has 2 N–H and O–H groups in total. The first kappa shape index (κ1) is 12.6. The minimum atomic E-state index is -2.82. The van der Waals surface area contributed by atoms with Crippen molar-refractivity contribution < 1.29 is 23.7 Å². The molecule has 0 saturated carbocycles. The molecule has 0 radical (unpaired) electrons. The third-order valence-electron chi connectivity index (χ3n) is 3.46. The zero-order valence-corrected chi connectivity index (χ0v) is 10.3. The van der Waals surface area contributed by atoms with E-state index in [0.717, 1.165) is 24.7 Å². The molecule has 8 heteroatoms. The average Bonchev–Trinajstić information content (AvgIpc) is 2.64. The molecule has 0 aromatic carbocycles. The fourth-order valence-corrected chi connectivity index (χ4v) is 3.51. The van der Waals surface area contributed by atoms with Crippen LogP contribution >= 0.6 is 11.8 Å². The first-order valence-electron chi connectivity index (χ1n) is 5.87. The van der Waals surface area contributed by atoms with Crippen LogP contribution in [0.3, 0.4) is 0 Å². The van der Waals surface area contributed by atoms with Crippen LogP contribution in [0.15, 0.2) is 4.99 Å². The van der Waals surface area contributed by atoms with E-state index in [-0.39, 0.29) is 0 Å². The quantitative estimate of drug-likeness (QED) is 0.701. The number of rotatable bonds is 1. The highest BCUT2D eigenvalue weighted by Gasteiger charge is 2.51. The summed E-state index contributed by atoms with van der Waals surface area (Å²) in [6.45, 7) is 1.78. The fourth-order valence-electron chi connectivity index (χ4n) is 2.24. The lowest BCUT2D eigenvalue weighted by Crippen LogP contribution is -2.56. The van der Waals surface area contributed by atoms with E-state index in [0.29, 0.717) is 0 Å². The van der Waals surface area contributed by atoms with Gasteiger partial charge >= 0.3 is 0 Å². The molecule has 0 amide bonds. The highest BCUT2D eigenvalue weighted by atomic mass is 32.2. The first-order valence-corrected chi connectivity index (χ1v) is 6.75. The lowest BCUT2D eigenvalue weighted by molar-refractivity contribution is -0.193. The van der Waals surface area contributed by atoms with Crippen LogP contribution in [0, 0.1) is 0 Å². The van der Waals surface area contributed by atoms with Gasteiger partial charge in [0.2, 0.25) is 0 Å². The van der Waals surface area contributed by atoms with Crippen molar-refractivity contribution in [3.8, 4) is 0 Å².